The highest BCUT2D eigenvalue weighted by Gasteiger charge is 2.17. The molecule has 2 aromatic carbocycles. The first kappa shape index (κ1) is 21.2. The van der Waals surface area contributed by atoms with E-state index in [1.165, 1.54) is 18.4 Å². The number of amides is 1. The number of thiophene rings is 1. The molecule has 0 saturated carbocycles. The minimum absolute atomic E-state index is 0.197. The van der Waals surface area contributed by atoms with E-state index in [1.54, 1.807) is 24.3 Å². The van der Waals surface area contributed by atoms with Crippen molar-refractivity contribution in [3.05, 3.63) is 71.8 Å². The van der Waals surface area contributed by atoms with Gasteiger partial charge in [-0.25, -0.2) is 13.1 Å². The molecule has 0 radical (unpaired) electrons. The summed E-state index contributed by atoms with van der Waals surface area (Å²) in [5, 5.41) is 2.86. The highest BCUT2D eigenvalue weighted by molar-refractivity contribution is 7.91. The molecule has 6 nitrogen and oxygen atoms in total. The predicted octanol–water partition coefficient (Wildman–Crippen LogP) is 3.90. The number of rotatable bonds is 8. The van der Waals surface area contributed by atoms with Crippen LogP contribution in [0.15, 0.2) is 64.9 Å². The van der Waals surface area contributed by atoms with Gasteiger partial charge in [-0.05, 0) is 48.9 Å². The van der Waals surface area contributed by atoms with Crippen LogP contribution in [0, 0.1) is 6.92 Å². The second-order valence-corrected chi connectivity index (χ2v) is 9.48. The first-order valence-corrected chi connectivity index (χ1v) is 11.3. The lowest BCUT2D eigenvalue weighted by atomic mass is 10.1. The summed E-state index contributed by atoms with van der Waals surface area (Å²) >= 11 is 1.18. The van der Waals surface area contributed by atoms with Gasteiger partial charge in [-0.2, -0.15) is 0 Å². The maximum absolute atomic E-state index is 12.4. The van der Waals surface area contributed by atoms with E-state index in [1.807, 2.05) is 43.3 Å². The second kappa shape index (κ2) is 9.32. The molecule has 152 valence electrons. The first-order valence-electron chi connectivity index (χ1n) is 8.96. The lowest BCUT2D eigenvalue weighted by Gasteiger charge is -2.06. The number of aryl methyl sites for hydroxylation is 1. The van der Waals surface area contributed by atoms with Crippen molar-refractivity contribution in [1.29, 1.82) is 0 Å². The Morgan fingerprint density at radius 3 is 2.34 bits per heavy atom. The van der Waals surface area contributed by atoms with Gasteiger partial charge in [0.05, 0.1) is 6.61 Å². The number of sulfonamides is 1. The molecule has 0 bridgehead atoms. The third-order valence-corrected chi connectivity index (χ3v) is 7.27. The standard InChI is InChI=1S/C21H22N2O4S2/c1-15-3-9-18(10-4-15)23-21(24)17-7-5-16(6-8-17)19-11-12-20(28-19)29(25,26)22-13-14-27-2/h3-12,22H,13-14H2,1-2H3,(H,23,24). The molecule has 3 rings (SSSR count). The van der Waals surface area contributed by atoms with Gasteiger partial charge >= 0.3 is 0 Å². The van der Waals surface area contributed by atoms with Gasteiger partial charge in [-0.3, -0.25) is 4.79 Å². The average molecular weight is 431 g/mol. The summed E-state index contributed by atoms with van der Waals surface area (Å²) in [7, 11) is -2.04. The van der Waals surface area contributed by atoms with Gasteiger partial charge in [-0.1, -0.05) is 29.8 Å². The smallest absolute Gasteiger partial charge is 0.255 e. The Bertz CT molecular complexity index is 1070. The number of ether oxygens (including phenoxy) is 1. The monoisotopic (exact) mass is 430 g/mol. The summed E-state index contributed by atoms with van der Waals surface area (Å²) in [6.45, 7) is 2.52. The SMILES string of the molecule is COCCNS(=O)(=O)c1ccc(-c2ccc(C(=O)Nc3ccc(C)cc3)cc2)s1. The summed E-state index contributed by atoms with van der Waals surface area (Å²) < 4.78 is 32.2. The minimum atomic E-state index is -3.55. The predicted molar refractivity (Wildman–Crippen MR) is 116 cm³/mol. The molecule has 1 heterocycles. The van der Waals surface area contributed by atoms with Crippen molar-refractivity contribution >= 4 is 33.0 Å². The number of methoxy groups -OCH3 is 1. The zero-order valence-electron chi connectivity index (χ0n) is 16.1. The second-order valence-electron chi connectivity index (χ2n) is 6.41. The van der Waals surface area contributed by atoms with E-state index in [4.69, 9.17) is 4.74 Å². The van der Waals surface area contributed by atoms with Gasteiger partial charge < -0.3 is 10.1 Å². The quantitative estimate of drug-likeness (QED) is 0.531. The normalized spacial score (nSPS) is 11.4. The molecule has 0 saturated heterocycles. The van der Waals surface area contributed by atoms with Crippen LogP contribution in [-0.4, -0.2) is 34.6 Å². The molecule has 2 N–H and O–H groups in total. The first-order chi connectivity index (χ1) is 13.9. The van der Waals surface area contributed by atoms with E-state index in [-0.39, 0.29) is 16.7 Å². The molecule has 29 heavy (non-hydrogen) atoms. The fraction of sp³-hybridized carbons (Fsp3) is 0.190. The van der Waals surface area contributed by atoms with E-state index < -0.39 is 10.0 Å². The summed E-state index contributed by atoms with van der Waals surface area (Å²) in [4.78, 5) is 13.2. The average Bonchev–Trinajstić information content (AvgIpc) is 3.21. The van der Waals surface area contributed by atoms with Crippen LogP contribution in [-0.2, 0) is 14.8 Å². The fourth-order valence-electron chi connectivity index (χ4n) is 2.59. The summed E-state index contributed by atoms with van der Waals surface area (Å²) in [6.07, 6.45) is 0. The molecule has 3 aromatic rings. The van der Waals surface area contributed by atoms with Crippen molar-refractivity contribution in [2.45, 2.75) is 11.1 Å². The van der Waals surface area contributed by atoms with E-state index in [0.29, 0.717) is 12.2 Å². The molecule has 0 atom stereocenters. The summed E-state index contributed by atoms with van der Waals surface area (Å²) in [5.74, 6) is -0.197. The lowest BCUT2D eigenvalue weighted by Crippen LogP contribution is -2.26. The van der Waals surface area contributed by atoms with Crippen LogP contribution in [0.25, 0.3) is 10.4 Å². The molecular weight excluding hydrogens is 408 g/mol. The molecular formula is C21H22N2O4S2. The molecule has 8 heteroatoms. The van der Waals surface area contributed by atoms with E-state index in [0.717, 1.165) is 21.7 Å². The van der Waals surface area contributed by atoms with Gasteiger partial charge in [0.2, 0.25) is 10.0 Å². The maximum atomic E-state index is 12.4. The Hall–Kier alpha value is -2.52. The Morgan fingerprint density at radius 1 is 1.00 bits per heavy atom. The van der Waals surface area contributed by atoms with Gasteiger partial charge in [-0.15, -0.1) is 11.3 Å². The van der Waals surface area contributed by atoms with Crippen molar-refractivity contribution in [2.75, 3.05) is 25.6 Å². The number of hydrogen-bond donors (Lipinski definition) is 2. The van der Waals surface area contributed by atoms with Gasteiger partial charge in [0.25, 0.3) is 5.91 Å². The Morgan fingerprint density at radius 2 is 1.69 bits per heavy atom. The third-order valence-electron chi connectivity index (χ3n) is 4.19. The number of benzene rings is 2. The van der Waals surface area contributed by atoms with Crippen molar-refractivity contribution in [1.82, 2.24) is 4.72 Å². The van der Waals surface area contributed by atoms with Crippen LogP contribution in [0.1, 0.15) is 15.9 Å². The zero-order chi connectivity index (χ0) is 20.9. The van der Waals surface area contributed by atoms with E-state index >= 15 is 0 Å². The van der Waals surface area contributed by atoms with Crippen molar-refractivity contribution in [3.63, 3.8) is 0 Å². The van der Waals surface area contributed by atoms with Gasteiger partial charge in [0, 0.05) is 29.8 Å². The third kappa shape index (κ3) is 5.51. The van der Waals surface area contributed by atoms with Crippen LogP contribution >= 0.6 is 11.3 Å². The Balaban J connectivity index is 1.69. The summed E-state index contributed by atoms with van der Waals surface area (Å²) in [5.41, 5.74) is 3.23. The molecule has 1 amide bonds. The molecule has 0 aliphatic rings. The Labute approximate surface area is 174 Å². The minimum Gasteiger partial charge on any atom is -0.383 e. The maximum Gasteiger partial charge on any atom is 0.255 e. The van der Waals surface area contributed by atoms with Gasteiger partial charge in [0.1, 0.15) is 4.21 Å². The molecule has 0 aliphatic heterocycles. The van der Waals surface area contributed by atoms with Crippen molar-refractivity contribution in [2.24, 2.45) is 0 Å². The highest BCUT2D eigenvalue weighted by Crippen LogP contribution is 2.30. The van der Waals surface area contributed by atoms with E-state index in [2.05, 4.69) is 10.0 Å². The number of anilines is 1. The molecule has 1 aromatic heterocycles. The van der Waals surface area contributed by atoms with Crippen LogP contribution in [0.4, 0.5) is 5.69 Å². The topological polar surface area (TPSA) is 84.5 Å². The van der Waals surface area contributed by atoms with Crippen LogP contribution in [0.5, 0.6) is 0 Å². The van der Waals surface area contributed by atoms with Crippen molar-refractivity contribution < 1.29 is 17.9 Å². The Kier molecular flexibility index (Phi) is 6.81. The number of carbonyl (C=O) groups is 1. The fourth-order valence-corrected chi connectivity index (χ4v) is 4.96. The number of nitrogens with one attached hydrogen (secondary N) is 2. The van der Waals surface area contributed by atoms with Crippen molar-refractivity contribution in [3.8, 4) is 10.4 Å². The molecule has 0 spiro atoms. The zero-order valence-corrected chi connectivity index (χ0v) is 17.8. The number of hydrogen-bond acceptors (Lipinski definition) is 5. The molecule has 0 fully saturated rings. The van der Waals surface area contributed by atoms with Crippen LogP contribution in [0.2, 0.25) is 0 Å². The van der Waals surface area contributed by atoms with Crippen LogP contribution in [0.3, 0.4) is 0 Å². The van der Waals surface area contributed by atoms with Crippen LogP contribution < -0.4 is 10.0 Å². The van der Waals surface area contributed by atoms with Gasteiger partial charge in [0.15, 0.2) is 0 Å². The molecule has 0 unspecified atom stereocenters. The highest BCUT2D eigenvalue weighted by atomic mass is 32.2. The summed E-state index contributed by atoms with van der Waals surface area (Å²) in [6, 6.07) is 18.0. The molecule has 0 aliphatic carbocycles. The lowest BCUT2D eigenvalue weighted by molar-refractivity contribution is 0.102. The van der Waals surface area contributed by atoms with E-state index in [9.17, 15) is 13.2 Å². The number of carbonyl (C=O) groups excluding carboxylic acids is 1. The largest absolute Gasteiger partial charge is 0.383 e.